The molecule has 2 rings (SSSR count). The topological polar surface area (TPSA) is 25.1 Å². The van der Waals surface area contributed by atoms with Gasteiger partial charge in [0, 0.05) is 0 Å². The van der Waals surface area contributed by atoms with E-state index in [4.69, 9.17) is 9.47 Å². The molecule has 22 heavy (non-hydrogen) atoms. The van der Waals surface area contributed by atoms with Gasteiger partial charge in [0.1, 0.15) is 0 Å². The van der Waals surface area contributed by atoms with Crippen LogP contribution in [0.1, 0.15) is 104 Å². The van der Waals surface area contributed by atoms with Crippen LogP contribution in [0.2, 0.25) is 0 Å². The van der Waals surface area contributed by atoms with E-state index in [0.717, 1.165) is 6.61 Å². The smallest absolute Gasteiger partial charge is 0.0839 e. The Labute approximate surface area is 139 Å². The molecule has 0 bridgehead atoms. The Morgan fingerprint density at radius 3 is 1.64 bits per heavy atom. The zero-order chi connectivity index (χ0) is 16.0. The summed E-state index contributed by atoms with van der Waals surface area (Å²) in [7, 11) is 0. The van der Waals surface area contributed by atoms with Crippen LogP contribution in [0.3, 0.4) is 0 Å². The maximum Gasteiger partial charge on any atom is 0.0839 e. The van der Waals surface area contributed by atoms with Crippen molar-refractivity contribution in [3.63, 3.8) is 0 Å². The number of unbranched alkanes of at least 4 members (excludes halogenated alkanes) is 9. The zero-order valence-electron chi connectivity index (χ0n) is 15.4. The van der Waals surface area contributed by atoms with Crippen LogP contribution in [0.15, 0.2) is 0 Å². The number of rotatable bonds is 13. The average molecular weight is 313 g/mol. The molecule has 2 nitrogen and oxygen atoms in total. The molecule has 2 aliphatic heterocycles. The molecule has 3 atom stereocenters. The van der Waals surface area contributed by atoms with Gasteiger partial charge in [0.05, 0.1) is 24.9 Å². The normalized spacial score (nSPS) is 25.5. The van der Waals surface area contributed by atoms with E-state index in [0.29, 0.717) is 18.3 Å². The second-order valence-electron chi connectivity index (χ2n) is 7.09. The Kier molecular flexibility index (Phi) is 12.1. The van der Waals surface area contributed by atoms with Crippen LogP contribution in [0, 0.1) is 0 Å². The van der Waals surface area contributed by atoms with E-state index in [-0.39, 0.29) is 0 Å². The summed E-state index contributed by atoms with van der Waals surface area (Å²) in [6.07, 6.45) is 19.8. The molecule has 2 fully saturated rings. The van der Waals surface area contributed by atoms with Crippen molar-refractivity contribution in [3.05, 3.63) is 0 Å². The lowest BCUT2D eigenvalue weighted by atomic mass is 10.1. The third kappa shape index (κ3) is 12.5. The lowest BCUT2D eigenvalue weighted by Crippen LogP contribution is -1.89. The lowest BCUT2D eigenvalue weighted by Gasteiger charge is -1.97. The first-order valence-electron chi connectivity index (χ1n) is 10.0. The summed E-state index contributed by atoms with van der Waals surface area (Å²) in [6, 6.07) is 0. The molecular weight excluding hydrogens is 272 g/mol. The van der Waals surface area contributed by atoms with Crippen LogP contribution in [-0.4, -0.2) is 24.9 Å². The van der Waals surface area contributed by atoms with Gasteiger partial charge in [-0.3, -0.25) is 0 Å². The zero-order valence-corrected chi connectivity index (χ0v) is 15.4. The fourth-order valence-electron chi connectivity index (χ4n) is 2.87. The minimum Gasteiger partial charge on any atom is -0.373 e. The summed E-state index contributed by atoms with van der Waals surface area (Å²) in [5, 5.41) is 0. The summed E-state index contributed by atoms with van der Waals surface area (Å²) in [6.45, 7) is 7.72. The summed E-state index contributed by atoms with van der Waals surface area (Å²) < 4.78 is 10.5. The van der Waals surface area contributed by atoms with E-state index in [1.165, 1.54) is 83.5 Å². The monoisotopic (exact) mass is 312 g/mol. The Hall–Kier alpha value is -0.0800. The second kappa shape index (κ2) is 13.4. The van der Waals surface area contributed by atoms with Gasteiger partial charge < -0.3 is 9.47 Å². The predicted molar refractivity (Wildman–Crippen MR) is 95.4 cm³/mol. The standard InChI is InChI=1S/2C10H20O/c1-3-4-5-6-7-8-10-9(2)11-10;1-2-3-4-5-6-7-8-10-9-11-10/h9-10H,3-8H2,1-2H3;10H,2-9H2,1H3. The highest BCUT2D eigenvalue weighted by Crippen LogP contribution is 2.26. The number of hydrogen-bond donors (Lipinski definition) is 0. The van der Waals surface area contributed by atoms with Crippen LogP contribution in [0.4, 0.5) is 0 Å². The first-order valence-corrected chi connectivity index (χ1v) is 10.0. The number of ether oxygens (including phenoxy) is 2. The van der Waals surface area contributed by atoms with Crippen molar-refractivity contribution < 1.29 is 9.47 Å². The molecular formula is C20H40O2. The van der Waals surface area contributed by atoms with Crippen molar-refractivity contribution >= 4 is 0 Å². The van der Waals surface area contributed by atoms with Crippen molar-refractivity contribution in [2.24, 2.45) is 0 Å². The molecule has 132 valence electrons. The van der Waals surface area contributed by atoms with Crippen molar-refractivity contribution in [3.8, 4) is 0 Å². The highest BCUT2D eigenvalue weighted by atomic mass is 16.6. The Balaban J connectivity index is 0.000000220. The Bertz CT molecular complexity index is 238. The molecule has 0 aromatic carbocycles. The van der Waals surface area contributed by atoms with Crippen LogP contribution in [-0.2, 0) is 9.47 Å². The second-order valence-corrected chi connectivity index (χ2v) is 7.09. The van der Waals surface area contributed by atoms with E-state index in [1.54, 1.807) is 0 Å². The first kappa shape index (κ1) is 20.0. The summed E-state index contributed by atoms with van der Waals surface area (Å²) in [5.41, 5.74) is 0. The van der Waals surface area contributed by atoms with Gasteiger partial charge in [0.25, 0.3) is 0 Å². The molecule has 0 spiro atoms. The van der Waals surface area contributed by atoms with Gasteiger partial charge in [0.15, 0.2) is 0 Å². The first-order chi connectivity index (χ1) is 10.8. The molecule has 2 heterocycles. The maximum absolute atomic E-state index is 5.32. The fourth-order valence-corrected chi connectivity index (χ4v) is 2.87. The lowest BCUT2D eigenvalue weighted by molar-refractivity contribution is 0.364. The molecule has 0 aromatic rings. The van der Waals surface area contributed by atoms with Gasteiger partial charge in [-0.1, -0.05) is 84.5 Å². The third-order valence-electron chi connectivity index (χ3n) is 4.71. The van der Waals surface area contributed by atoms with Crippen molar-refractivity contribution in [1.29, 1.82) is 0 Å². The van der Waals surface area contributed by atoms with Crippen LogP contribution in [0.25, 0.3) is 0 Å². The summed E-state index contributed by atoms with van der Waals surface area (Å²) in [5.74, 6) is 0. The van der Waals surface area contributed by atoms with Crippen molar-refractivity contribution in [2.45, 2.75) is 123 Å². The molecule has 2 saturated heterocycles. The largest absolute Gasteiger partial charge is 0.373 e. The van der Waals surface area contributed by atoms with Gasteiger partial charge in [-0.2, -0.15) is 0 Å². The highest BCUT2D eigenvalue weighted by Gasteiger charge is 2.32. The molecule has 0 aliphatic carbocycles. The SMILES string of the molecule is CCCCCCCC1OC1C.CCCCCCCCC1CO1. The average Bonchev–Trinajstić information content (AvgIpc) is 3.43. The Morgan fingerprint density at radius 1 is 0.727 bits per heavy atom. The maximum atomic E-state index is 5.32. The predicted octanol–water partition coefficient (Wildman–Crippen LogP) is 6.27. The van der Waals surface area contributed by atoms with E-state index >= 15 is 0 Å². The van der Waals surface area contributed by atoms with Crippen molar-refractivity contribution in [1.82, 2.24) is 0 Å². The third-order valence-corrected chi connectivity index (χ3v) is 4.71. The van der Waals surface area contributed by atoms with E-state index < -0.39 is 0 Å². The van der Waals surface area contributed by atoms with Gasteiger partial charge in [-0.15, -0.1) is 0 Å². The molecule has 3 unspecified atom stereocenters. The van der Waals surface area contributed by atoms with E-state index in [9.17, 15) is 0 Å². The molecule has 0 saturated carbocycles. The minimum atomic E-state index is 0.571. The van der Waals surface area contributed by atoms with Crippen molar-refractivity contribution in [2.75, 3.05) is 6.61 Å². The highest BCUT2D eigenvalue weighted by molar-refractivity contribution is 4.79. The number of epoxide rings is 2. The molecule has 0 aromatic heterocycles. The van der Waals surface area contributed by atoms with Gasteiger partial charge in [-0.05, 0) is 19.8 Å². The molecule has 2 aliphatic rings. The quantitative estimate of drug-likeness (QED) is 0.296. The molecule has 0 radical (unpaired) electrons. The number of hydrogen-bond acceptors (Lipinski definition) is 2. The van der Waals surface area contributed by atoms with Gasteiger partial charge >= 0.3 is 0 Å². The fraction of sp³-hybridized carbons (Fsp3) is 1.00. The summed E-state index contributed by atoms with van der Waals surface area (Å²) >= 11 is 0. The summed E-state index contributed by atoms with van der Waals surface area (Å²) in [4.78, 5) is 0. The van der Waals surface area contributed by atoms with Crippen LogP contribution in [0.5, 0.6) is 0 Å². The van der Waals surface area contributed by atoms with Crippen LogP contribution >= 0.6 is 0 Å². The molecule has 2 heteroatoms. The van der Waals surface area contributed by atoms with Gasteiger partial charge in [0.2, 0.25) is 0 Å². The molecule has 0 N–H and O–H groups in total. The Morgan fingerprint density at radius 2 is 1.18 bits per heavy atom. The van der Waals surface area contributed by atoms with E-state index in [1.807, 2.05) is 0 Å². The van der Waals surface area contributed by atoms with E-state index in [2.05, 4.69) is 20.8 Å². The van der Waals surface area contributed by atoms with Crippen LogP contribution < -0.4 is 0 Å². The minimum absolute atomic E-state index is 0.571. The molecule has 0 amide bonds. The van der Waals surface area contributed by atoms with Gasteiger partial charge in [-0.25, -0.2) is 0 Å².